The standard InChI is InChI=1S/C16H18BrF2N/c17-13-6-9(18)7-14(19)16(13)20-15-5-8-4-12(15)11-3-1-2-10(8)11/h6-8,10-12,15,20H,1-5H2. The molecule has 4 heteroatoms. The van der Waals surface area contributed by atoms with Gasteiger partial charge in [-0.2, -0.15) is 0 Å². The van der Waals surface area contributed by atoms with Gasteiger partial charge in [-0.25, -0.2) is 8.78 Å². The summed E-state index contributed by atoms with van der Waals surface area (Å²) in [7, 11) is 0. The molecule has 1 aromatic carbocycles. The molecule has 2 bridgehead atoms. The summed E-state index contributed by atoms with van der Waals surface area (Å²) >= 11 is 3.27. The van der Waals surface area contributed by atoms with Crippen molar-refractivity contribution in [1.29, 1.82) is 0 Å². The monoisotopic (exact) mass is 341 g/mol. The number of rotatable bonds is 2. The molecule has 20 heavy (non-hydrogen) atoms. The number of anilines is 1. The summed E-state index contributed by atoms with van der Waals surface area (Å²) in [5.74, 6) is 2.25. The van der Waals surface area contributed by atoms with E-state index in [0.29, 0.717) is 22.1 Å². The van der Waals surface area contributed by atoms with E-state index in [1.165, 1.54) is 31.7 Å². The summed E-state index contributed by atoms with van der Waals surface area (Å²) in [6.45, 7) is 0. The highest BCUT2D eigenvalue weighted by Gasteiger charge is 2.53. The molecule has 1 N–H and O–H groups in total. The maximum atomic E-state index is 13.9. The van der Waals surface area contributed by atoms with Crippen molar-refractivity contribution in [2.75, 3.05) is 5.32 Å². The molecular weight excluding hydrogens is 324 g/mol. The molecule has 3 aliphatic carbocycles. The van der Waals surface area contributed by atoms with Crippen LogP contribution in [-0.4, -0.2) is 6.04 Å². The first-order valence-corrected chi connectivity index (χ1v) is 8.34. The Morgan fingerprint density at radius 1 is 1.05 bits per heavy atom. The van der Waals surface area contributed by atoms with Gasteiger partial charge in [-0.3, -0.25) is 0 Å². The number of nitrogens with one attached hydrogen (secondary N) is 1. The molecule has 0 radical (unpaired) electrons. The van der Waals surface area contributed by atoms with Crippen LogP contribution in [0.15, 0.2) is 16.6 Å². The van der Waals surface area contributed by atoms with E-state index >= 15 is 0 Å². The SMILES string of the molecule is Fc1cc(F)c(NC2CC3CC2C2CCCC32)c(Br)c1. The lowest BCUT2D eigenvalue weighted by Crippen LogP contribution is -2.34. The highest BCUT2D eigenvalue weighted by Crippen LogP contribution is 2.59. The molecule has 1 nitrogen and oxygen atoms in total. The topological polar surface area (TPSA) is 12.0 Å². The third-order valence-electron chi connectivity index (χ3n) is 5.77. The molecule has 5 unspecified atom stereocenters. The van der Waals surface area contributed by atoms with Gasteiger partial charge in [-0.1, -0.05) is 6.42 Å². The van der Waals surface area contributed by atoms with Crippen molar-refractivity contribution < 1.29 is 8.78 Å². The second-order valence-corrected chi connectivity index (χ2v) is 7.50. The number of hydrogen-bond acceptors (Lipinski definition) is 1. The van der Waals surface area contributed by atoms with E-state index < -0.39 is 11.6 Å². The van der Waals surface area contributed by atoms with Crippen LogP contribution in [0.5, 0.6) is 0 Å². The van der Waals surface area contributed by atoms with Crippen LogP contribution in [0.3, 0.4) is 0 Å². The normalized spacial score (nSPS) is 38.2. The van der Waals surface area contributed by atoms with Gasteiger partial charge in [0.25, 0.3) is 0 Å². The van der Waals surface area contributed by atoms with Crippen molar-refractivity contribution in [3.8, 4) is 0 Å². The molecule has 0 heterocycles. The molecule has 5 atom stereocenters. The van der Waals surface area contributed by atoms with Gasteiger partial charge >= 0.3 is 0 Å². The minimum absolute atomic E-state index is 0.357. The second kappa shape index (κ2) is 4.69. The van der Waals surface area contributed by atoms with Crippen molar-refractivity contribution in [1.82, 2.24) is 0 Å². The fourth-order valence-corrected chi connectivity index (χ4v) is 5.62. The number of fused-ring (bicyclic) bond motifs is 5. The highest BCUT2D eigenvalue weighted by molar-refractivity contribution is 9.10. The zero-order valence-electron chi connectivity index (χ0n) is 11.2. The van der Waals surface area contributed by atoms with Crippen LogP contribution in [0, 0.1) is 35.3 Å². The Balaban J connectivity index is 1.56. The third-order valence-corrected chi connectivity index (χ3v) is 6.39. The van der Waals surface area contributed by atoms with Crippen LogP contribution in [0.2, 0.25) is 0 Å². The van der Waals surface area contributed by atoms with E-state index in [4.69, 9.17) is 0 Å². The molecule has 1 aromatic rings. The zero-order valence-corrected chi connectivity index (χ0v) is 12.8. The van der Waals surface area contributed by atoms with Crippen molar-refractivity contribution >= 4 is 21.6 Å². The Bertz CT molecular complexity index is 524. The van der Waals surface area contributed by atoms with Crippen molar-refractivity contribution in [3.05, 3.63) is 28.2 Å². The first-order chi connectivity index (χ1) is 9.63. The van der Waals surface area contributed by atoms with E-state index in [1.54, 1.807) is 0 Å². The lowest BCUT2D eigenvalue weighted by Gasteiger charge is -2.33. The van der Waals surface area contributed by atoms with Gasteiger partial charge in [0.15, 0.2) is 0 Å². The van der Waals surface area contributed by atoms with Crippen LogP contribution in [0.1, 0.15) is 32.1 Å². The summed E-state index contributed by atoms with van der Waals surface area (Å²) in [5.41, 5.74) is 0.429. The second-order valence-electron chi connectivity index (χ2n) is 6.65. The fourth-order valence-electron chi connectivity index (χ4n) is 5.10. The average molecular weight is 342 g/mol. The van der Waals surface area contributed by atoms with Crippen molar-refractivity contribution in [2.45, 2.75) is 38.1 Å². The minimum Gasteiger partial charge on any atom is -0.379 e. The molecular formula is C16H18BrF2N. The molecule has 0 spiro atoms. The van der Waals surface area contributed by atoms with Gasteiger partial charge in [0.1, 0.15) is 11.6 Å². The lowest BCUT2D eigenvalue weighted by molar-refractivity contribution is 0.243. The molecule has 3 saturated carbocycles. The lowest BCUT2D eigenvalue weighted by atomic mass is 9.79. The molecule has 3 aliphatic rings. The van der Waals surface area contributed by atoms with E-state index in [-0.39, 0.29) is 0 Å². The predicted octanol–water partition coefficient (Wildman–Crippen LogP) is 4.96. The van der Waals surface area contributed by atoms with E-state index in [9.17, 15) is 8.78 Å². The summed E-state index contributed by atoms with van der Waals surface area (Å²) in [6.07, 6.45) is 6.55. The average Bonchev–Trinajstić information content (AvgIpc) is 3.05. The van der Waals surface area contributed by atoms with Crippen LogP contribution in [0.4, 0.5) is 14.5 Å². The number of benzene rings is 1. The van der Waals surface area contributed by atoms with Crippen LogP contribution in [-0.2, 0) is 0 Å². The van der Waals surface area contributed by atoms with Gasteiger partial charge in [-0.05, 0) is 71.4 Å². The Labute approximate surface area is 126 Å². The summed E-state index contributed by atoms with van der Waals surface area (Å²) in [4.78, 5) is 0. The highest BCUT2D eigenvalue weighted by atomic mass is 79.9. The fraction of sp³-hybridized carbons (Fsp3) is 0.625. The first kappa shape index (κ1) is 13.1. The van der Waals surface area contributed by atoms with Gasteiger partial charge in [0.05, 0.1) is 5.69 Å². The Morgan fingerprint density at radius 3 is 2.65 bits per heavy atom. The van der Waals surface area contributed by atoms with E-state index in [0.717, 1.165) is 30.2 Å². The quantitative estimate of drug-likeness (QED) is 0.801. The molecule has 3 fully saturated rings. The molecule has 4 rings (SSSR count). The van der Waals surface area contributed by atoms with Gasteiger partial charge < -0.3 is 5.32 Å². The Hall–Kier alpha value is -0.640. The minimum atomic E-state index is -0.538. The maximum Gasteiger partial charge on any atom is 0.150 e. The predicted molar refractivity (Wildman–Crippen MR) is 78.5 cm³/mol. The van der Waals surface area contributed by atoms with Gasteiger partial charge in [0.2, 0.25) is 0 Å². The summed E-state index contributed by atoms with van der Waals surface area (Å²) < 4.78 is 27.6. The van der Waals surface area contributed by atoms with Gasteiger partial charge in [0, 0.05) is 16.6 Å². The summed E-state index contributed by atoms with van der Waals surface area (Å²) in [6, 6.07) is 2.64. The van der Waals surface area contributed by atoms with Crippen LogP contribution >= 0.6 is 15.9 Å². The van der Waals surface area contributed by atoms with Gasteiger partial charge in [-0.15, -0.1) is 0 Å². The molecule has 0 saturated heterocycles. The number of halogens is 3. The Morgan fingerprint density at radius 2 is 1.85 bits per heavy atom. The molecule has 0 aliphatic heterocycles. The Kier molecular flexibility index (Phi) is 3.06. The largest absolute Gasteiger partial charge is 0.379 e. The molecule has 0 aromatic heterocycles. The van der Waals surface area contributed by atoms with E-state index in [1.807, 2.05) is 0 Å². The van der Waals surface area contributed by atoms with Crippen LogP contribution < -0.4 is 5.32 Å². The zero-order chi connectivity index (χ0) is 13.9. The van der Waals surface area contributed by atoms with Crippen molar-refractivity contribution in [2.24, 2.45) is 23.7 Å². The smallest absolute Gasteiger partial charge is 0.150 e. The number of hydrogen-bond donors (Lipinski definition) is 1. The first-order valence-electron chi connectivity index (χ1n) is 7.54. The van der Waals surface area contributed by atoms with E-state index in [2.05, 4.69) is 21.2 Å². The molecule has 108 valence electrons. The summed E-state index contributed by atoms with van der Waals surface area (Å²) in [5, 5.41) is 3.36. The third kappa shape index (κ3) is 1.91. The van der Waals surface area contributed by atoms with Crippen LogP contribution in [0.25, 0.3) is 0 Å². The van der Waals surface area contributed by atoms with Crippen molar-refractivity contribution in [3.63, 3.8) is 0 Å². The maximum absolute atomic E-state index is 13.9. The molecule has 0 amide bonds.